The number of hydrogen-bond acceptors (Lipinski definition) is 3. The first-order valence-corrected chi connectivity index (χ1v) is 5.49. The quantitative estimate of drug-likeness (QED) is 0.593. The number of halogens is 1. The van der Waals surface area contributed by atoms with Crippen LogP contribution in [0.2, 0.25) is 0 Å². The highest BCUT2D eigenvalue weighted by molar-refractivity contribution is 5.90. The second-order valence-corrected chi connectivity index (χ2v) is 3.58. The van der Waals surface area contributed by atoms with Crippen molar-refractivity contribution in [2.45, 2.75) is 19.8 Å². The molecule has 1 rings (SSSR count). The van der Waals surface area contributed by atoms with Crippen LogP contribution >= 0.6 is 0 Å². The minimum Gasteiger partial charge on any atom is -0.505 e. The second kappa shape index (κ2) is 6.85. The lowest BCUT2D eigenvalue weighted by atomic mass is 10.3. The van der Waals surface area contributed by atoms with Gasteiger partial charge in [0.1, 0.15) is 0 Å². The van der Waals surface area contributed by atoms with Crippen molar-refractivity contribution in [1.82, 2.24) is 0 Å². The molecule has 0 radical (unpaired) electrons. The summed E-state index contributed by atoms with van der Waals surface area (Å²) in [7, 11) is 0. The van der Waals surface area contributed by atoms with E-state index in [-0.39, 0.29) is 12.3 Å². The van der Waals surface area contributed by atoms with Crippen molar-refractivity contribution in [3.05, 3.63) is 24.0 Å². The van der Waals surface area contributed by atoms with E-state index in [1.54, 1.807) is 0 Å². The number of carbonyl (C=O) groups excluding carboxylic acids is 1. The SMILES string of the molecule is CCCOCCC(=O)Nc1ccc(O)c(F)c1. The summed E-state index contributed by atoms with van der Waals surface area (Å²) < 4.78 is 18.1. The van der Waals surface area contributed by atoms with Gasteiger partial charge in [0.2, 0.25) is 5.91 Å². The molecule has 0 saturated carbocycles. The third-order valence-corrected chi connectivity index (χ3v) is 2.05. The Bertz CT molecular complexity index is 382. The molecule has 17 heavy (non-hydrogen) atoms. The Morgan fingerprint density at radius 3 is 2.88 bits per heavy atom. The number of benzene rings is 1. The average Bonchev–Trinajstić information content (AvgIpc) is 2.30. The fourth-order valence-electron chi connectivity index (χ4n) is 1.22. The van der Waals surface area contributed by atoms with E-state index < -0.39 is 11.6 Å². The Balaban J connectivity index is 2.37. The summed E-state index contributed by atoms with van der Waals surface area (Å²) in [5.74, 6) is -1.44. The zero-order valence-electron chi connectivity index (χ0n) is 9.70. The maximum Gasteiger partial charge on any atom is 0.226 e. The summed E-state index contributed by atoms with van der Waals surface area (Å²) in [6, 6.07) is 3.70. The van der Waals surface area contributed by atoms with Crippen molar-refractivity contribution in [1.29, 1.82) is 0 Å². The van der Waals surface area contributed by atoms with E-state index in [0.717, 1.165) is 12.5 Å². The molecular formula is C12H16FNO3. The largest absolute Gasteiger partial charge is 0.505 e. The molecule has 0 spiro atoms. The van der Waals surface area contributed by atoms with Crippen LogP contribution in [0.4, 0.5) is 10.1 Å². The molecule has 1 amide bonds. The van der Waals surface area contributed by atoms with Gasteiger partial charge in [0.15, 0.2) is 11.6 Å². The number of nitrogens with one attached hydrogen (secondary N) is 1. The van der Waals surface area contributed by atoms with Gasteiger partial charge in [-0.1, -0.05) is 6.92 Å². The summed E-state index contributed by atoms with van der Waals surface area (Å²) in [6.07, 6.45) is 1.13. The topological polar surface area (TPSA) is 58.6 Å². The maximum atomic E-state index is 13.0. The van der Waals surface area contributed by atoms with Gasteiger partial charge in [0.05, 0.1) is 13.0 Å². The summed E-state index contributed by atoms with van der Waals surface area (Å²) in [5.41, 5.74) is 0.320. The Morgan fingerprint density at radius 2 is 2.24 bits per heavy atom. The van der Waals surface area contributed by atoms with Crippen LogP contribution in [0, 0.1) is 5.82 Å². The number of phenolic OH excluding ortho intramolecular Hbond substituents is 1. The van der Waals surface area contributed by atoms with E-state index in [1.807, 2.05) is 6.92 Å². The molecule has 1 aromatic rings. The number of ether oxygens (including phenoxy) is 1. The molecule has 0 aliphatic heterocycles. The lowest BCUT2D eigenvalue weighted by molar-refractivity contribution is -0.117. The van der Waals surface area contributed by atoms with Crippen molar-refractivity contribution < 1.29 is 19.0 Å². The molecule has 0 saturated heterocycles. The van der Waals surface area contributed by atoms with E-state index in [2.05, 4.69) is 5.32 Å². The van der Waals surface area contributed by atoms with Crippen LogP contribution in [-0.4, -0.2) is 24.2 Å². The van der Waals surface area contributed by atoms with Crippen LogP contribution in [0.3, 0.4) is 0 Å². The van der Waals surface area contributed by atoms with Crippen LogP contribution in [0.15, 0.2) is 18.2 Å². The Kier molecular flexibility index (Phi) is 5.42. The van der Waals surface area contributed by atoms with Crippen molar-refractivity contribution in [3.8, 4) is 5.75 Å². The van der Waals surface area contributed by atoms with E-state index in [4.69, 9.17) is 9.84 Å². The van der Waals surface area contributed by atoms with Gasteiger partial charge in [-0.2, -0.15) is 0 Å². The van der Waals surface area contributed by atoms with Crippen LogP contribution in [-0.2, 0) is 9.53 Å². The lowest BCUT2D eigenvalue weighted by Gasteiger charge is -2.06. The number of hydrogen-bond donors (Lipinski definition) is 2. The molecule has 0 aliphatic carbocycles. The standard InChI is InChI=1S/C12H16FNO3/c1-2-6-17-7-5-12(16)14-9-3-4-11(15)10(13)8-9/h3-4,8,15H,2,5-7H2,1H3,(H,14,16). The fraction of sp³-hybridized carbons (Fsp3) is 0.417. The van der Waals surface area contributed by atoms with Gasteiger partial charge in [0.25, 0.3) is 0 Å². The third kappa shape index (κ3) is 4.82. The van der Waals surface area contributed by atoms with E-state index in [1.165, 1.54) is 12.1 Å². The molecular weight excluding hydrogens is 225 g/mol. The van der Waals surface area contributed by atoms with Gasteiger partial charge < -0.3 is 15.2 Å². The van der Waals surface area contributed by atoms with Gasteiger partial charge in [-0.25, -0.2) is 4.39 Å². The minimum atomic E-state index is -0.759. The number of rotatable bonds is 6. The maximum absolute atomic E-state index is 13.0. The first kappa shape index (κ1) is 13.4. The van der Waals surface area contributed by atoms with Gasteiger partial charge in [-0.15, -0.1) is 0 Å². The third-order valence-electron chi connectivity index (χ3n) is 2.05. The Hall–Kier alpha value is -1.62. The van der Waals surface area contributed by atoms with Gasteiger partial charge in [-0.05, 0) is 18.6 Å². The highest BCUT2D eigenvalue weighted by atomic mass is 19.1. The molecule has 0 aliphatic rings. The lowest BCUT2D eigenvalue weighted by Crippen LogP contribution is -2.14. The van der Waals surface area contributed by atoms with Gasteiger partial charge in [0, 0.05) is 18.4 Å². The molecule has 2 N–H and O–H groups in total. The predicted octanol–water partition coefficient (Wildman–Crippen LogP) is 2.29. The van der Waals surface area contributed by atoms with Crippen LogP contribution in [0.25, 0.3) is 0 Å². The second-order valence-electron chi connectivity index (χ2n) is 3.58. The number of anilines is 1. The van der Waals surface area contributed by atoms with Crippen molar-refractivity contribution in [2.75, 3.05) is 18.5 Å². The average molecular weight is 241 g/mol. The molecule has 0 unspecified atom stereocenters. The first-order chi connectivity index (χ1) is 8.13. The number of aromatic hydroxyl groups is 1. The molecule has 0 heterocycles. The van der Waals surface area contributed by atoms with Gasteiger partial charge >= 0.3 is 0 Å². The Morgan fingerprint density at radius 1 is 1.47 bits per heavy atom. The summed E-state index contributed by atoms with van der Waals surface area (Å²) >= 11 is 0. The first-order valence-electron chi connectivity index (χ1n) is 5.49. The van der Waals surface area contributed by atoms with Crippen molar-refractivity contribution >= 4 is 11.6 Å². The smallest absolute Gasteiger partial charge is 0.226 e. The molecule has 0 bridgehead atoms. The minimum absolute atomic E-state index is 0.225. The van der Waals surface area contributed by atoms with E-state index in [9.17, 15) is 9.18 Å². The predicted molar refractivity (Wildman–Crippen MR) is 62.4 cm³/mol. The molecule has 5 heteroatoms. The number of phenols is 1. The van der Waals surface area contributed by atoms with Crippen LogP contribution in [0.5, 0.6) is 5.75 Å². The van der Waals surface area contributed by atoms with E-state index in [0.29, 0.717) is 18.9 Å². The van der Waals surface area contributed by atoms with E-state index >= 15 is 0 Å². The highest BCUT2D eigenvalue weighted by Gasteiger charge is 2.05. The molecule has 4 nitrogen and oxygen atoms in total. The fourth-order valence-corrected chi connectivity index (χ4v) is 1.22. The van der Waals surface area contributed by atoms with Crippen molar-refractivity contribution in [3.63, 3.8) is 0 Å². The summed E-state index contributed by atoms with van der Waals surface area (Å²) in [4.78, 5) is 11.4. The van der Waals surface area contributed by atoms with Crippen LogP contribution < -0.4 is 5.32 Å². The molecule has 0 fully saturated rings. The zero-order chi connectivity index (χ0) is 12.7. The highest BCUT2D eigenvalue weighted by Crippen LogP contribution is 2.19. The van der Waals surface area contributed by atoms with Crippen molar-refractivity contribution in [2.24, 2.45) is 0 Å². The molecule has 0 atom stereocenters. The molecule has 94 valence electrons. The summed E-state index contributed by atoms with van der Waals surface area (Å²) in [5, 5.41) is 11.5. The number of carbonyl (C=O) groups is 1. The Labute approximate surface area is 99.4 Å². The number of amides is 1. The monoisotopic (exact) mass is 241 g/mol. The molecule has 0 aromatic heterocycles. The zero-order valence-corrected chi connectivity index (χ0v) is 9.70. The van der Waals surface area contributed by atoms with Crippen LogP contribution in [0.1, 0.15) is 19.8 Å². The van der Waals surface area contributed by atoms with Gasteiger partial charge in [-0.3, -0.25) is 4.79 Å². The normalized spacial score (nSPS) is 10.2. The summed E-state index contributed by atoms with van der Waals surface area (Å²) in [6.45, 7) is 2.96. The molecule has 1 aromatic carbocycles.